The normalized spacial score (nSPS) is 7.50. The largest absolute Gasteiger partial charge is 0.281 e. The summed E-state index contributed by atoms with van der Waals surface area (Å²) in [6.07, 6.45) is 1.03. The highest BCUT2D eigenvalue weighted by Gasteiger charge is 2.11. The van der Waals surface area contributed by atoms with Crippen molar-refractivity contribution in [3.63, 3.8) is 0 Å². The van der Waals surface area contributed by atoms with Gasteiger partial charge in [0.05, 0.1) is 11.9 Å². The summed E-state index contributed by atoms with van der Waals surface area (Å²) >= 11 is 4.42. The molecule has 8 heavy (non-hydrogen) atoms. The van der Waals surface area contributed by atoms with Crippen LogP contribution in [0.4, 0.5) is 0 Å². The van der Waals surface area contributed by atoms with E-state index in [1.807, 2.05) is 0 Å². The molecule has 0 aromatic heterocycles. The smallest absolute Gasteiger partial charge is 0.232 e. The van der Waals surface area contributed by atoms with Crippen LogP contribution in [0.1, 0.15) is 0 Å². The minimum atomic E-state index is -1.10. The molecule has 0 aliphatic carbocycles. The summed E-state index contributed by atoms with van der Waals surface area (Å²) in [5.41, 5.74) is 0. The molecule has 0 spiro atoms. The summed E-state index contributed by atoms with van der Waals surface area (Å²) in [4.78, 5) is 9.46. The molecule has 0 atom stereocenters. The highest BCUT2D eigenvalue weighted by atomic mass is 35.5. The van der Waals surface area contributed by atoms with Gasteiger partial charge in [-0.2, -0.15) is 5.26 Å². The molecule has 0 aliphatic heterocycles. The van der Waals surface area contributed by atoms with Crippen LogP contribution in [-0.2, 0) is 4.39 Å². The fourth-order valence-corrected chi connectivity index (χ4v) is 0.158. The molecule has 0 amide bonds. The Bertz CT molecular complexity index is 129. The summed E-state index contributed by atoms with van der Waals surface area (Å²) < 4.78 is 3.41. The van der Waals surface area contributed by atoms with E-state index in [1.165, 1.54) is 0 Å². The maximum absolute atomic E-state index is 9.46. The number of hydrazine groups is 1. The lowest BCUT2D eigenvalue weighted by atomic mass is 11.4. The first-order chi connectivity index (χ1) is 3.72. The predicted octanol–water partition coefficient (Wildman–Crippen LogP) is 0.0466. The molecule has 0 saturated heterocycles. The second-order valence-corrected chi connectivity index (χ2v) is 0.818. The summed E-state index contributed by atoms with van der Waals surface area (Å²) in [5.74, 6) is 0. The Morgan fingerprint density at radius 3 is 2.50 bits per heavy atom. The van der Waals surface area contributed by atoms with Crippen molar-refractivity contribution in [3.05, 3.63) is 10.1 Å². The van der Waals surface area contributed by atoms with Crippen molar-refractivity contribution < 1.29 is 9.42 Å². The topological polar surface area (TPSA) is 79.4 Å². The Morgan fingerprint density at radius 1 is 2.00 bits per heavy atom. The molecule has 0 unspecified atom stereocenters. The lowest BCUT2D eigenvalue weighted by Crippen LogP contribution is -2.20. The molecule has 0 radical (unpaired) electrons. The summed E-state index contributed by atoms with van der Waals surface area (Å²) in [6.45, 7) is 0. The first kappa shape index (κ1) is 6.94. The van der Waals surface area contributed by atoms with Gasteiger partial charge in [-0.15, -0.1) is 0 Å². The van der Waals surface area contributed by atoms with Gasteiger partial charge in [0.25, 0.3) is 6.19 Å². The van der Waals surface area contributed by atoms with Gasteiger partial charge in [-0.25, -0.2) is 10.1 Å². The van der Waals surface area contributed by atoms with E-state index < -0.39 is 5.03 Å². The molecule has 7 heteroatoms. The van der Waals surface area contributed by atoms with Gasteiger partial charge in [0.2, 0.25) is 5.03 Å². The average molecular weight is 137 g/mol. The molecule has 0 aliphatic rings. The van der Waals surface area contributed by atoms with Crippen LogP contribution in [0.25, 0.3) is 0 Å². The van der Waals surface area contributed by atoms with Crippen molar-refractivity contribution >= 4 is 11.9 Å². The van der Waals surface area contributed by atoms with Gasteiger partial charge in [0, 0.05) is 0 Å². The zero-order valence-electron chi connectivity index (χ0n) is 3.44. The minimum absolute atomic E-state index is 0.290. The molecular formula is CClN3O3. The molecule has 44 valence electrons. The Labute approximate surface area is 49.1 Å². The lowest BCUT2D eigenvalue weighted by molar-refractivity contribution is -0.697. The maximum Gasteiger partial charge on any atom is 0.281 e. The van der Waals surface area contributed by atoms with Crippen LogP contribution in [0.5, 0.6) is 0 Å². The molecule has 0 aromatic rings. The van der Waals surface area contributed by atoms with Crippen LogP contribution < -0.4 is 0 Å². The van der Waals surface area contributed by atoms with Gasteiger partial charge < -0.3 is 0 Å². The number of rotatable bonds is 2. The highest BCUT2D eigenvalue weighted by molar-refractivity contribution is 6.07. The Morgan fingerprint density at radius 2 is 2.50 bits per heavy atom. The second kappa shape index (κ2) is 3.01. The van der Waals surface area contributed by atoms with Crippen molar-refractivity contribution in [3.8, 4) is 6.19 Å². The quantitative estimate of drug-likeness (QED) is 0.232. The van der Waals surface area contributed by atoms with Crippen LogP contribution in [0.15, 0.2) is 0 Å². The third-order valence-corrected chi connectivity index (χ3v) is 0.430. The Hall–Kier alpha value is -1.06. The van der Waals surface area contributed by atoms with Gasteiger partial charge in [-0.1, -0.05) is 4.39 Å². The van der Waals surface area contributed by atoms with Crippen LogP contribution in [0.3, 0.4) is 0 Å². The first-order valence-corrected chi connectivity index (χ1v) is 1.66. The van der Waals surface area contributed by atoms with Crippen LogP contribution >= 0.6 is 11.9 Å². The molecule has 0 bridgehead atoms. The van der Waals surface area contributed by atoms with E-state index >= 15 is 0 Å². The SMILES string of the molecule is N#CN(OCl)[N+](=O)[O-]. The van der Waals surface area contributed by atoms with Gasteiger partial charge >= 0.3 is 0 Å². The zero-order valence-corrected chi connectivity index (χ0v) is 4.20. The monoisotopic (exact) mass is 137 g/mol. The number of nitro groups is 1. The summed E-state index contributed by atoms with van der Waals surface area (Å²) in [6, 6.07) is 0. The zero-order chi connectivity index (χ0) is 6.57. The van der Waals surface area contributed by atoms with E-state index in [9.17, 15) is 10.1 Å². The molecule has 0 heterocycles. The van der Waals surface area contributed by atoms with E-state index in [0.717, 1.165) is 6.19 Å². The van der Waals surface area contributed by atoms with Crippen molar-refractivity contribution in [1.29, 1.82) is 5.26 Å². The second-order valence-electron chi connectivity index (χ2n) is 0.680. The fourth-order valence-electron chi connectivity index (χ4n) is 0.0771. The van der Waals surface area contributed by atoms with Gasteiger partial charge in [0.1, 0.15) is 5.17 Å². The van der Waals surface area contributed by atoms with Crippen molar-refractivity contribution in [1.82, 2.24) is 5.17 Å². The molecule has 0 saturated carbocycles. The van der Waals surface area contributed by atoms with E-state index in [2.05, 4.69) is 16.3 Å². The number of nitriles is 1. The van der Waals surface area contributed by atoms with E-state index in [0.29, 0.717) is 0 Å². The van der Waals surface area contributed by atoms with Crippen molar-refractivity contribution in [2.75, 3.05) is 0 Å². The van der Waals surface area contributed by atoms with E-state index in [1.54, 1.807) is 0 Å². The fraction of sp³-hybridized carbons (Fsp3) is 0. The standard InChI is InChI=1S/CClN3O3/c2-8-4(1-3)5(6)7. The molecule has 0 rings (SSSR count). The Kier molecular flexibility index (Phi) is 2.61. The first-order valence-electron chi connectivity index (χ1n) is 1.35. The van der Waals surface area contributed by atoms with Crippen molar-refractivity contribution in [2.24, 2.45) is 0 Å². The van der Waals surface area contributed by atoms with Crippen LogP contribution in [0, 0.1) is 21.6 Å². The molecular weight excluding hydrogens is 137 g/mol. The Balaban J connectivity index is 3.76. The van der Waals surface area contributed by atoms with Crippen molar-refractivity contribution in [2.45, 2.75) is 0 Å². The van der Waals surface area contributed by atoms with E-state index in [-0.39, 0.29) is 5.17 Å². The number of hydroxylamine groups is 1. The summed E-state index contributed by atoms with van der Waals surface area (Å²) in [7, 11) is 0. The van der Waals surface area contributed by atoms with Gasteiger partial charge in [-0.05, 0) is 0 Å². The predicted molar refractivity (Wildman–Crippen MR) is 21.4 cm³/mol. The highest BCUT2D eigenvalue weighted by Crippen LogP contribution is 1.88. The van der Waals surface area contributed by atoms with Gasteiger partial charge in [0.15, 0.2) is 0 Å². The molecule has 6 nitrogen and oxygen atoms in total. The number of hydrogen-bond donors (Lipinski definition) is 0. The minimum Gasteiger partial charge on any atom is -0.232 e. The molecule has 0 aromatic carbocycles. The number of hydrogen-bond acceptors (Lipinski definition) is 4. The number of halogens is 1. The van der Waals surface area contributed by atoms with Gasteiger partial charge in [-0.3, -0.25) is 0 Å². The van der Waals surface area contributed by atoms with Crippen LogP contribution in [-0.4, -0.2) is 10.2 Å². The third-order valence-electron chi connectivity index (χ3n) is 0.299. The number of nitrogens with zero attached hydrogens (tertiary/aromatic N) is 3. The maximum atomic E-state index is 9.46. The van der Waals surface area contributed by atoms with Crippen LogP contribution in [0.2, 0.25) is 0 Å². The third kappa shape index (κ3) is 1.59. The summed E-state index contributed by atoms with van der Waals surface area (Å²) in [5, 5.41) is 15.8. The molecule has 0 fully saturated rings. The van der Waals surface area contributed by atoms with E-state index in [4.69, 9.17) is 5.26 Å². The molecule has 0 N–H and O–H groups in total. The lowest BCUT2D eigenvalue weighted by Gasteiger charge is -1.92. The average Bonchev–Trinajstić information content (AvgIpc) is 1.69.